The number of rotatable bonds is 6. The van der Waals surface area contributed by atoms with Gasteiger partial charge < -0.3 is 10.2 Å². The summed E-state index contributed by atoms with van der Waals surface area (Å²) in [6.07, 6.45) is 5.68. The Morgan fingerprint density at radius 2 is 1.94 bits per heavy atom. The molecule has 1 atom stereocenters. The fourth-order valence-electron chi connectivity index (χ4n) is 2.60. The molecule has 0 aromatic heterocycles. The van der Waals surface area contributed by atoms with Crippen molar-refractivity contribution in [3.8, 4) is 0 Å². The van der Waals surface area contributed by atoms with Gasteiger partial charge in [-0.2, -0.15) is 0 Å². The third kappa shape index (κ3) is 4.04. The second-order valence-electron chi connectivity index (χ2n) is 5.74. The van der Waals surface area contributed by atoms with Crippen LogP contribution in [-0.2, 0) is 0 Å². The Kier molecular flexibility index (Phi) is 4.62. The topological polar surface area (TPSA) is 18.5 Å². The zero-order valence-corrected chi connectivity index (χ0v) is 10.9. The van der Waals surface area contributed by atoms with Crippen LogP contribution in [0.4, 0.5) is 0 Å². The van der Waals surface area contributed by atoms with Gasteiger partial charge in [-0.3, -0.25) is 4.90 Å². The first-order valence-corrected chi connectivity index (χ1v) is 6.85. The van der Waals surface area contributed by atoms with E-state index in [9.17, 15) is 0 Å². The first kappa shape index (κ1) is 12.3. The lowest BCUT2D eigenvalue weighted by Crippen LogP contribution is -2.41. The van der Waals surface area contributed by atoms with Gasteiger partial charge in [-0.15, -0.1) is 0 Å². The van der Waals surface area contributed by atoms with E-state index in [0.29, 0.717) is 0 Å². The summed E-state index contributed by atoms with van der Waals surface area (Å²) in [6.45, 7) is 6.26. The minimum atomic E-state index is 0.900. The van der Waals surface area contributed by atoms with E-state index in [2.05, 4.69) is 29.2 Å². The van der Waals surface area contributed by atoms with Gasteiger partial charge in [0.1, 0.15) is 0 Å². The number of nitrogens with one attached hydrogen (secondary N) is 1. The minimum Gasteiger partial charge on any atom is -0.316 e. The van der Waals surface area contributed by atoms with Gasteiger partial charge in [-0.25, -0.2) is 0 Å². The molecule has 3 heteroatoms. The molecule has 1 aliphatic heterocycles. The van der Waals surface area contributed by atoms with Gasteiger partial charge in [0.2, 0.25) is 0 Å². The molecule has 1 heterocycles. The summed E-state index contributed by atoms with van der Waals surface area (Å²) in [5.74, 6) is 0.900. The molecule has 0 bridgehead atoms. The van der Waals surface area contributed by atoms with Gasteiger partial charge in [-0.1, -0.05) is 0 Å². The Balaban J connectivity index is 1.73. The van der Waals surface area contributed by atoms with Crippen molar-refractivity contribution in [1.82, 2.24) is 15.1 Å². The Labute approximate surface area is 100 Å². The van der Waals surface area contributed by atoms with E-state index in [1.807, 2.05) is 0 Å². The van der Waals surface area contributed by atoms with Crippen LogP contribution in [0.3, 0.4) is 0 Å². The summed E-state index contributed by atoms with van der Waals surface area (Å²) in [5, 5.41) is 3.53. The highest BCUT2D eigenvalue weighted by atomic mass is 15.2. The van der Waals surface area contributed by atoms with Crippen LogP contribution in [0.1, 0.15) is 25.7 Å². The van der Waals surface area contributed by atoms with Crippen molar-refractivity contribution < 1.29 is 0 Å². The van der Waals surface area contributed by atoms with Gasteiger partial charge in [0.15, 0.2) is 0 Å². The maximum Gasteiger partial charge on any atom is 0.0112 e. The van der Waals surface area contributed by atoms with Crippen molar-refractivity contribution in [2.24, 2.45) is 5.92 Å². The van der Waals surface area contributed by atoms with Gasteiger partial charge in [0.05, 0.1) is 0 Å². The van der Waals surface area contributed by atoms with E-state index in [0.717, 1.165) is 12.0 Å². The summed E-state index contributed by atoms with van der Waals surface area (Å²) in [4.78, 5) is 5.03. The number of nitrogens with zero attached hydrogens (tertiary/aromatic N) is 2. The largest absolute Gasteiger partial charge is 0.316 e. The second kappa shape index (κ2) is 5.99. The van der Waals surface area contributed by atoms with E-state index >= 15 is 0 Å². The average molecular weight is 225 g/mol. The molecule has 2 aliphatic rings. The van der Waals surface area contributed by atoms with Crippen LogP contribution in [-0.4, -0.2) is 62.7 Å². The molecule has 1 saturated heterocycles. The third-order valence-electron chi connectivity index (χ3n) is 3.79. The first-order valence-electron chi connectivity index (χ1n) is 6.85. The highest BCUT2D eigenvalue weighted by Crippen LogP contribution is 2.28. The predicted octanol–water partition coefficient (Wildman–Crippen LogP) is 1.01. The molecule has 3 nitrogen and oxygen atoms in total. The molecule has 1 N–H and O–H groups in total. The van der Waals surface area contributed by atoms with Crippen molar-refractivity contribution in [3.05, 3.63) is 0 Å². The molecule has 1 saturated carbocycles. The van der Waals surface area contributed by atoms with Gasteiger partial charge in [-0.05, 0) is 58.8 Å². The lowest BCUT2D eigenvalue weighted by Gasteiger charge is -2.31. The van der Waals surface area contributed by atoms with E-state index in [-0.39, 0.29) is 0 Å². The van der Waals surface area contributed by atoms with Crippen molar-refractivity contribution in [2.75, 3.05) is 46.8 Å². The molecule has 2 rings (SSSR count). The van der Waals surface area contributed by atoms with Gasteiger partial charge in [0, 0.05) is 25.7 Å². The molecule has 0 aromatic rings. The summed E-state index contributed by atoms with van der Waals surface area (Å²) in [7, 11) is 4.35. The smallest absolute Gasteiger partial charge is 0.0112 e. The molecule has 0 radical (unpaired) electrons. The van der Waals surface area contributed by atoms with E-state index in [4.69, 9.17) is 0 Å². The van der Waals surface area contributed by atoms with Crippen LogP contribution in [0.15, 0.2) is 0 Å². The Bertz CT molecular complexity index is 195. The van der Waals surface area contributed by atoms with Gasteiger partial charge in [0.25, 0.3) is 0 Å². The quantitative estimate of drug-likeness (QED) is 0.728. The Hall–Kier alpha value is -0.120. The number of piperidine rings is 1. The van der Waals surface area contributed by atoms with Crippen LogP contribution < -0.4 is 5.32 Å². The maximum atomic E-state index is 3.53. The molecule has 1 unspecified atom stereocenters. The third-order valence-corrected chi connectivity index (χ3v) is 3.79. The molecular weight excluding hydrogens is 198 g/mol. The molecule has 0 aromatic carbocycles. The van der Waals surface area contributed by atoms with Crippen molar-refractivity contribution in [3.63, 3.8) is 0 Å². The molecule has 1 aliphatic carbocycles. The van der Waals surface area contributed by atoms with Crippen LogP contribution in [0.5, 0.6) is 0 Å². The van der Waals surface area contributed by atoms with E-state index in [1.54, 1.807) is 0 Å². The summed E-state index contributed by atoms with van der Waals surface area (Å²) < 4.78 is 0. The highest BCUT2D eigenvalue weighted by molar-refractivity contribution is 4.86. The predicted molar refractivity (Wildman–Crippen MR) is 68.7 cm³/mol. The molecule has 2 fully saturated rings. The first-order chi connectivity index (χ1) is 7.75. The van der Waals surface area contributed by atoms with Crippen LogP contribution >= 0.6 is 0 Å². The minimum absolute atomic E-state index is 0.900. The van der Waals surface area contributed by atoms with Gasteiger partial charge >= 0.3 is 0 Å². The molecule has 16 heavy (non-hydrogen) atoms. The van der Waals surface area contributed by atoms with Crippen molar-refractivity contribution in [2.45, 2.75) is 31.7 Å². The number of likely N-dealkylation sites (N-methyl/N-ethyl adjacent to an activating group) is 1. The average Bonchev–Trinajstić information content (AvgIpc) is 3.09. The zero-order valence-electron chi connectivity index (χ0n) is 10.9. The monoisotopic (exact) mass is 225 g/mol. The van der Waals surface area contributed by atoms with Crippen molar-refractivity contribution in [1.29, 1.82) is 0 Å². The molecule has 94 valence electrons. The number of hydrogen-bond acceptors (Lipinski definition) is 3. The number of hydrogen-bond donors (Lipinski definition) is 1. The fraction of sp³-hybridized carbons (Fsp3) is 1.00. The zero-order chi connectivity index (χ0) is 11.4. The van der Waals surface area contributed by atoms with E-state index in [1.165, 1.54) is 58.4 Å². The molecule has 0 amide bonds. The fourth-order valence-corrected chi connectivity index (χ4v) is 2.60. The normalized spacial score (nSPS) is 26.6. The molecule has 0 spiro atoms. The SMILES string of the molecule is CN(C)CCN(CC1CCCNC1)C1CC1. The van der Waals surface area contributed by atoms with E-state index < -0.39 is 0 Å². The molecular formula is C13H27N3. The Morgan fingerprint density at radius 1 is 1.12 bits per heavy atom. The lowest BCUT2D eigenvalue weighted by atomic mass is 9.99. The lowest BCUT2D eigenvalue weighted by molar-refractivity contribution is 0.184. The summed E-state index contributed by atoms with van der Waals surface area (Å²) >= 11 is 0. The maximum absolute atomic E-state index is 3.53. The van der Waals surface area contributed by atoms with Crippen LogP contribution in [0.25, 0.3) is 0 Å². The van der Waals surface area contributed by atoms with Crippen LogP contribution in [0, 0.1) is 5.92 Å². The van der Waals surface area contributed by atoms with Crippen molar-refractivity contribution >= 4 is 0 Å². The standard InChI is InChI=1S/C13H27N3/c1-15(2)8-9-16(13-5-6-13)11-12-4-3-7-14-10-12/h12-14H,3-11H2,1-2H3. The highest BCUT2D eigenvalue weighted by Gasteiger charge is 2.30. The Morgan fingerprint density at radius 3 is 2.50 bits per heavy atom. The van der Waals surface area contributed by atoms with Crippen LogP contribution in [0.2, 0.25) is 0 Å². The second-order valence-corrected chi connectivity index (χ2v) is 5.74. The summed E-state index contributed by atoms with van der Waals surface area (Å²) in [5.41, 5.74) is 0. The summed E-state index contributed by atoms with van der Waals surface area (Å²) in [6, 6.07) is 0.918.